The Balaban J connectivity index is 2.61. The predicted octanol–water partition coefficient (Wildman–Crippen LogP) is 1.66. The first-order valence-corrected chi connectivity index (χ1v) is 5.20. The van der Waals surface area contributed by atoms with Gasteiger partial charge < -0.3 is 4.42 Å². The highest BCUT2D eigenvalue weighted by atomic mass is 16.6. The fourth-order valence-electron chi connectivity index (χ4n) is 1.65. The van der Waals surface area contributed by atoms with Crippen LogP contribution in [0, 0.1) is 27.4 Å². The van der Waals surface area contributed by atoms with E-state index in [1.165, 1.54) is 22.8 Å². The van der Waals surface area contributed by atoms with E-state index in [2.05, 4.69) is 0 Å². The number of benzene rings is 1. The second-order valence-corrected chi connectivity index (χ2v) is 3.92. The minimum absolute atomic E-state index is 0.123. The third kappa shape index (κ3) is 1.96. The highest BCUT2D eigenvalue weighted by molar-refractivity contribution is 5.75. The number of nitro benzene ring substituents is 1. The molecule has 0 fully saturated rings. The fourth-order valence-corrected chi connectivity index (χ4v) is 1.65. The molecular formula is C11H9N3O4. The van der Waals surface area contributed by atoms with Crippen LogP contribution >= 0.6 is 0 Å². The van der Waals surface area contributed by atoms with Crippen LogP contribution in [0.5, 0.6) is 0 Å². The molecule has 0 saturated carbocycles. The van der Waals surface area contributed by atoms with Crippen molar-refractivity contribution >= 4 is 16.8 Å². The molecule has 0 radical (unpaired) electrons. The number of oxazole rings is 1. The van der Waals surface area contributed by atoms with Gasteiger partial charge in [0.05, 0.1) is 22.4 Å². The molecule has 2 aromatic rings. The molecule has 0 spiro atoms. The molecule has 0 N–H and O–H groups in total. The average Bonchev–Trinajstić information content (AvgIpc) is 2.65. The van der Waals surface area contributed by atoms with Crippen LogP contribution in [0.3, 0.4) is 0 Å². The normalized spacial score (nSPS) is 12.2. The zero-order chi connectivity index (χ0) is 13.3. The number of fused-ring (bicyclic) bond motifs is 1. The Morgan fingerprint density at radius 3 is 2.94 bits per heavy atom. The summed E-state index contributed by atoms with van der Waals surface area (Å²) in [5, 5.41) is 19.4. The number of hydrogen-bond donors (Lipinski definition) is 0. The van der Waals surface area contributed by atoms with Gasteiger partial charge >= 0.3 is 5.76 Å². The molecule has 1 atom stereocenters. The summed E-state index contributed by atoms with van der Waals surface area (Å²) in [4.78, 5) is 21.7. The number of non-ortho nitro benzene ring substituents is 1. The molecule has 1 aromatic carbocycles. The van der Waals surface area contributed by atoms with E-state index in [1.54, 1.807) is 6.92 Å². The van der Waals surface area contributed by atoms with Crippen LogP contribution in [0.2, 0.25) is 0 Å². The summed E-state index contributed by atoms with van der Waals surface area (Å²) in [5.74, 6) is -1.00. The molecule has 0 aliphatic rings. The van der Waals surface area contributed by atoms with E-state index in [9.17, 15) is 14.9 Å². The number of hydrogen-bond acceptors (Lipinski definition) is 5. The molecule has 0 aliphatic carbocycles. The molecule has 7 heteroatoms. The molecule has 1 unspecified atom stereocenters. The SMILES string of the molecule is CC(C#N)Cn1c(=O)oc2ccc([N+](=O)[O-])cc21. The molecule has 92 valence electrons. The highest BCUT2D eigenvalue weighted by Crippen LogP contribution is 2.20. The van der Waals surface area contributed by atoms with Crippen LogP contribution in [-0.4, -0.2) is 9.49 Å². The van der Waals surface area contributed by atoms with Gasteiger partial charge in [0.2, 0.25) is 0 Å². The van der Waals surface area contributed by atoms with Crippen LogP contribution in [-0.2, 0) is 6.54 Å². The maximum absolute atomic E-state index is 11.6. The van der Waals surface area contributed by atoms with Crippen molar-refractivity contribution in [2.45, 2.75) is 13.5 Å². The molecule has 7 nitrogen and oxygen atoms in total. The van der Waals surface area contributed by atoms with Gasteiger partial charge in [-0.1, -0.05) is 0 Å². The third-order valence-corrected chi connectivity index (χ3v) is 2.54. The minimum Gasteiger partial charge on any atom is -0.408 e. The lowest BCUT2D eigenvalue weighted by molar-refractivity contribution is -0.384. The Bertz CT molecular complexity index is 707. The monoisotopic (exact) mass is 247 g/mol. The van der Waals surface area contributed by atoms with Crippen LogP contribution in [0.4, 0.5) is 5.69 Å². The van der Waals surface area contributed by atoms with Gasteiger partial charge in [0, 0.05) is 18.7 Å². The van der Waals surface area contributed by atoms with Crippen molar-refractivity contribution in [3.8, 4) is 6.07 Å². The van der Waals surface area contributed by atoms with Crippen molar-refractivity contribution in [1.82, 2.24) is 4.57 Å². The quantitative estimate of drug-likeness (QED) is 0.606. The van der Waals surface area contributed by atoms with E-state index in [0.717, 1.165) is 0 Å². The lowest BCUT2D eigenvalue weighted by atomic mass is 10.2. The van der Waals surface area contributed by atoms with E-state index in [4.69, 9.17) is 9.68 Å². The summed E-state index contributed by atoms with van der Waals surface area (Å²) in [6, 6.07) is 5.91. The zero-order valence-corrected chi connectivity index (χ0v) is 9.49. The topological polar surface area (TPSA) is 102 Å². The molecule has 1 aromatic heterocycles. The van der Waals surface area contributed by atoms with E-state index in [0.29, 0.717) is 5.52 Å². The number of aromatic nitrogens is 1. The number of nitrogens with zero attached hydrogens (tertiary/aromatic N) is 3. The van der Waals surface area contributed by atoms with Gasteiger partial charge in [0.1, 0.15) is 0 Å². The zero-order valence-electron chi connectivity index (χ0n) is 9.49. The molecule has 0 bridgehead atoms. The van der Waals surface area contributed by atoms with Crippen LogP contribution in [0.25, 0.3) is 11.1 Å². The van der Waals surface area contributed by atoms with Crippen molar-refractivity contribution in [2.75, 3.05) is 0 Å². The van der Waals surface area contributed by atoms with Crippen molar-refractivity contribution in [2.24, 2.45) is 5.92 Å². The Morgan fingerprint density at radius 1 is 1.61 bits per heavy atom. The molecule has 0 amide bonds. The van der Waals surface area contributed by atoms with E-state index in [1.807, 2.05) is 6.07 Å². The van der Waals surface area contributed by atoms with Crippen molar-refractivity contribution in [1.29, 1.82) is 5.26 Å². The second kappa shape index (κ2) is 4.33. The smallest absolute Gasteiger partial charge is 0.408 e. The Hall–Kier alpha value is -2.62. The summed E-state index contributed by atoms with van der Waals surface area (Å²) in [6.07, 6.45) is 0. The predicted molar refractivity (Wildman–Crippen MR) is 61.9 cm³/mol. The molecule has 0 aliphatic heterocycles. The van der Waals surface area contributed by atoms with Gasteiger partial charge in [-0.15, -0.1) is 0 Å². The average molecular weight is 247 g/mol. The summed E-state index contributed by atoms with van der Waals surface area (Å²) in [6.45, 7) is 1.80. The van der Waals surface area contributed by atoms with Gasteiger partial charge in [-0.05, 0) is 13.0 Å². The van der Waals surface area contributed by atoms with E-state index >= 15 is 0 Å². The van der Waals surface area contributed by atoms with Gasteiger partial charge in [0.15, 0.2) is 5.58 Å². The van der Waals surface area contributed by atoms with E-state index < -0.39 is 10.7 Å². The lowest BCUT2D eigenvalue weighted by Gasteiger charge is -2.02. The maximum Gasteiger partial charge on any atom is 0.419 e. The molecule has 2 rings (SSSR count). The van der Waals surface area contributed by atoms with Gasteiger partial charge in [-0.3, -0.25) is 14.7 Å². The summed E-state index contributed by atoms with van der Waals surface area (Å²) in [7, 11) is 0. The van der Waals surface area contributed by atoms with Crippen molar-refractivity contribution in [3.05, 3.63) is 38.9 Å². The van der Waals surface area contributed by atoms with Crippen molar-refractivity contribution < 1.29 is 9.34 Å². The van der Waals surface area contributed by atoms with Crippen LogP contribution in [0.15, 0.2) is 27.4 Å². The first-order chi connectivity index (χ1) is 8.52. The number of nitriles is 1. The highest BCUT2D eigenvalue weighted by Gasteiger charge is 2.15. The standard InChI is InChI=1S/C11H9N3O4/c1-7(5-12)6-13-9-4-8(14(16)17)2-3-10(9)18-11(13)15/h2-4,7H,6H2,1H3. The Labute approximate surface area is 101 Å². The first kappa shape index (κ1) is 11.9. The van der Waals surface area contributed by atoms with Gasteiger partial charge in [-0.25, -0.2) is 4.79 Å². The molecular weight excluding hydrogens is 238 g/mol. The number of rotatable bonds is 3. The summed E-state index contributed by atoms with van der Waals surface area (Å²) in [5.41, 5.74) is 0.480. The minimum atomic E-state index is -0.618. The molecule has 18 heavy (non-hydrogen) atoms. The van der Waals surface area contributed by atoms with Gasteiger partial charge in [0.25, 0.3) is 5.69 Å². The summed E-state index contributed by atoms with van der Waals surface area (Å²) >= 11 is 0. The van der Waals surface area contributed by atoms with Crippen molar-refractivity contribution in [3.63, 3.8) is 0 Å². The Kier molecular flexibility index (Phi) is 2.85. The maximum atomic E-state index is 11.6. The van der Waals surface area contributed by atoms with Crippen LogP contribution in [0.1, 0.15) is 6.92 Å². The molecule has 1 heterocycles. The first-order valence-electron chi connectivity index (χ1n) is 5.20. The number of nitro groups is 1. The Morgan fingerprint density at radius 2 is 2.33 bits per heavy atom. The fraction of sp³-hybridized carbons (Fsp3) is 0.273. The van der Waals surface area contributed by atoms with E-state index in [-0.39, 0.29) is 23.7 Å². The largest absolute Gasteiger partial charge is 0.419 e. The third-order valence-electron chi connectivity index (χ3n) is 2.54. The van der Waals surface area contributed by atoms with Crippen LogP contribution < -0.4 is 5.76 Å². The summed E-state index contributed by atoms with van der Waals surface area (Å²) < 4.78 is 6.19. The molecule has 0 saturated heterocycles. The second-order valence-electron chi connectivity index (χ2n) is 3.92. The lowest BCUT2D eigenvalue weighted by Crippen LogP contribution is -2.17. The van der Waals surface area contributed by atoms with Gasteiger partial charge in [-0.2, -0.15) is 5.26 Å².